The summed E-state index contributed by atoms with van der Waals surface area (Å²) < 4.78 is 0. The zero-order valence-electron chi connectivity index (χ0n) is 12.0. The number of H-pyrrole nitrogens is 1. The molecule has 1 aliphatic rings. The Morgan fingerprint density at radius 3 is 2.74 bits per heavy atom. The van der Waals surface area contributed by atoms with Crippen molar-refractivity contribution in [1.82, 2.24) is 14.9 Å². The molecular weight excluding hydrogens is 236 g/mol. The molecule has 0 aromatic carbocycles. The lowest BCUT2D eigenvalue weighted by Gasteiger charge is -2.36. The van der Waals surface area contributed by atoms with Crippen molar-refractivity contribution in [3.05, 3.63) is 24.2 Å². The first kappa shape index (κ1) is 12.5. The highest BCUT2D eigenvalue weighted by molar-refractivity contribution is 5.92. The van der Waals surface area contributed by atoms with Crippen molar-refractivity contribution in [1.29, 1.82) is 0 Å². The van der Waals surface area contributed by atoms with Gasteiger partial charge in [-0.25, -0.2) is 0 Å². The van der Waals surface area contributed by atoms with Crippen molar-refractivity contribution < 1.29 is 0 Å². The maximum atomic E-state index is 4.54. The van der Waals surface area contributed by atoms with E-state index in [9.17, 15) is 0 Å². The second-order valence-electron chi connectivity index (χ2n) is 5.68. The predicted molar refractivity (Wildman–Crippen MR) is 79.8 cm³/mol. The summed E-state index contributed by atoms with van der Waals surface area (Å²) in [6.07, 6.45) is 6.48. The summed E-state index contributed by atoms with van der Waals surface area (Å²) >= 11 is 0. The van der Waals surface area contributed by atoms with Gasteiger partial charge in [0, 0.05) is 36.4 Å². The van der Waals surface area contributed by atoms with Crippen LogP contribution in [0.1, 0.15) is 18.5 Å². The zero-order valence-corrected chi connectivity index (χ0v) is 12.0. The Morgan fingerprint density at radius 1 is 1.32 bits per heavy atom. The lowest BCUT2D eigenvalue weighted by atomic mass is 10.0. The van der Waals surface area contributed by atoms with Gasteiger partial charge in [-0.2, -0.15) is 0 Å². The Hall–Kier alpha value is -1.55. The van der Waals surface area contributed by atoms with Gasteiger partial charge in [0.1, 0.15) is 0 Å². The first-order chi connectivity index (χ1) is 9.16. The molecule has 1 aliphatic heterocycles. The van der Waals surface area contributed by atoms with E-state index in [0.717, 1.165) is 18.8 Å². The number of piperidine rings is 1. The molecule has 4 heteroatoms. The SMILES string of the molecule is Cc1ncc(N2CCC(N(C)C)CC2)c2[nH]ccc12. The van der Waals surface area contributed by atoms with E-state index < -0.39 is 0 Å². The fourth-order valence-electron chi connectivity index (χ4n) is 3.04. The van der Waals surface area contributed by atoms with E-state index in [1.54, 1.807) is 0 Å². The first-order valence-corrected chi connectivity index (χ1v) is 7.01. The summed E-state index contributed by atoms with van der Waals surface area (Å²) in [6.45, 7) is 4.29. The van der Waals surface area contributed by atoms with Gasteiger partial charge in [-0.3, -0.25) is 4.98 Å². The molecule has 19 heavy (non-hydrogen) atoms. The minimum Gasteiger partial charge on any atom is -0.368 e. The van der Waals surface area contributed by atoms with Crippen LogP contribution in [0.25, 0.3) is 10.9 Å². The van der Waals surface area contributed by atoms with Gasteiger partial charge in [0.2, 0.25) is 0 Å². The van der Waals surface area contributed by atoms with Crippen LogP contribution in [0.3, 0.4) is 0 Å². The third kappa shape index (κ3) is 2.21. The molecule has 0 unspecified atom stereocenters. The number of aromatic nitrogens is 2. The summed E-state index contributed by atoms with van der Waals surface area (Å²) in [5, 5.41) is 1.24. The van der Waals surface area contributed by atoms with E-state index in [-0.39, 0.29) is 0 Å². The third-order valence-corrected chi connectivity index (χ3v) is 4.31. The van der Waals surface area contributed by atoms with Crippen LogP contribution in [0.4, 0.5) is 5.69 Å². The molecule has 0 amide bonds. The van der Waals surface area contributed by atoms with Gasteiger partial charge in [-0.15, -0.1) is 0 Å². The molecular formula is C15H22N4. The second-order valence-corrected chi connectivity index (χ2v) is 5.68. The highest BCUT2D eigenvalue weighted by Crippen LogP contribution is 2.29. The lowest BCUT2D eigenvalue weighted by molar-refractivity contribution is 0.250. The molecule has 0 spiro atoms. The maximum absolute atomic E-state index is 4.54. The average molecular weight is 258 g/mol. The van der Waals surface area contributed by atoms with Gasteiger partial charge in [0.25, 0.3) is 0 Å². The van der Waals surface area contributed by atoms with Crippen LogP contribution in [-0.4, -0.2) is 48.1 Å². The van der Waals surface area contributed by atoms with Crippen molar-refractivity contribution in [2.75, 3.05) is 32.1 Å². The van der Waals surface area contributed by atoms with Gasteiger partial charge in [0.05, 0.1) is 17.4 Å². The standard InChI is InChI=1S/C15H22N4/c1-11-13-4-7-16-15(13)14(10-17-11)19-8-5-12(6-9-19)18(2)3/h4,7,10,12,16H,5-6,8-9H2,1-3H3. The van der Waals surface area contributed by atoms with Crippen molar-refractivity contribution in [2.45, 2.75) is 25.8 Å². The smallest absolute Gasteiger partial charge is 0.0798 e. The van der Waals surface area contributed by atoms with Crippen molar-refractivity contribution in [3.8, 4) is 0 Å². The largest absolute Gasteiger partial charge is 0.368 e. The first-order valence-electron chi connectivity index (χ1n) is 7.01. The van der Waals surface area contributed by atoms with E-state index in [1.807, 2.05) is 12.4 Å². The molecule has 2 aromatic rings. The Labute approximate surface area is 114 Å². The predicted octanol–water partition coefficient (Wildman–Crippen LogP) is 2.40. The number of rotatable bonds is 2. The van der Waals surface area contributed by atoms with E-state index >= 15 is 0 Å². The summed E-state index contributed by atoms with van der Waals surface area (Å²) in [5.41, 5.74) is 3.58. The average Bonchev–Trinajstić information content (AvgIpc) is 2.89. The van der Waals surface area contributed by atoms with E-state index in [4.69, 9.17) is 0 Å². The molecule has 102 valence electrons. The molecule has 1 N–H and O–H groups in total. The van der Waals surface area contributed by atoms with Gasteiger partial charge in [-0.1, -0.05) is 0 Å². The van der Waals surface area contributed by atoms with Gasteiger partial charge in [-0.05, 0) is 39.9 Å². The van der Waals surface area contributed by atoms with Crippen LogP contribution in [0.15, 0.2) is 18.5 Å². The number of hydrogen-bond acceptors (Lipinski definition) is 3. The number of nitrogens with one attached hydrogen (secondary N) is 1. The zero-order chi connectivity index (χ0) is 13.4. The van der Waals surface area contributed by atoms with Crippen LogP contribution in [0.2, 0.25) is 0 Å². The quantitative estimate of drug-likeness (QED) is 0.898. The highest BCUT2D eigenvalue weighted by Gasteiger charge is 2.22. The van der Waals surface area contributed by atoms with Gasteiger partial charge < -0.3 is 14.8 Å². The highest BCUT2D eigenvalue weighted by atomic mass is 15.2. The molecule has 1 fully saturated rings. The van der Waals surface area contributed by atoms with Crippen LogP contribution >= 0.6 is 0 Å². The third-order valence-electron chi connectivity index (χ3n) is 4.31. The molecule has 1 saturated heterocycles. The van der Waals surface area contributed by atoms with Crippen LogP contribution < -0.4 is 4.90 Å². The van der Waals surface area contributed by atoms with Gasteiger partial charge >= 0.3 is 0 Å². The maximum Gasteiger partial charge on any atom is 0.0798 e. The summed E-state index contributed by atoms with van der Waals surface area (Å²) in [7, 11) is 4.36. The number of aromatic amines is 1. The van der Waals surface area contributed by atoms with Crippen LogP contribution in [-0.2, 0) is 0 Å². The monoisotopic (exact) mass is 258 g/mol. The van der Waals surface area contributed by atoms with Crippen molar-refractivity contribution in [2.24, 2.45) is 0 Å². The Morgan fingerprint density at radius 2 is 2.05 bits per heavy atom. The minimum absolute atomic E-state index is 0.716. The fraction of sp³-hybridized carbons (Fsp3) is 0.533. The molecule has 3 heterocycles. The molecule has 4 nitrogen and oxygen atoms in total. The van der Waals surface area contributed by atoms with Crippen molar-refractivity contribution in [3.63, 3.8) is 0 Å². The summed E-state index contributed by atoms with van der Waals surface area (Å²) in [6, 6.07) is 2.84. The summed E-state index contributed by atoms with van der Waals surface area (Å²) in [4.78, 5) is 12.7. The number of pyridine rings is 1. The fourth-order valence-corrected chi connectivity index (χ4v) is 3.04. The molecule has 0 atom stereocenters. The van der Waals surface area contributed by atoms with E-state index in [2.05, 4.69) is 46.9 Å². The molecule has 2 aromatic heterocycles. The van der Waals surface area contributed by atoms with E-state index in [1.165, 1.54) is 29.4 Å². The normalized spacial score (nSPS) is 17.6. The lowest BCUT2D eigenvalue weighted by Crippen LogP contribution is -2.42. The van der Waals surface area contributed by atoms with E-state index in [0.29, 0.717) is 6.04 Å². The molecule has 0 aliphatic carbocycles. The number of nitrogens with zero attached hydrogens (tertiary/aromatic N) is 3. The van der Waals surface area contributed by atoms with Crippen LogP contribution in [0, 0.1) is 6.92 Å². The Balaban J connectivity index is 1.86. The molecule has 3 rings (SSSR count). The van der Waals surface area contributed by atoms with Gasteiger partial charge in [0.15, 0.2) is 0 Å². The topological polar surface area (TPSA) is 35.2 Å². The Kier molecular flexibility index (Phi) is 3.19. The van der Waals surface area contributed by atoms with Crippen LogP contribution in [0.5, 0.6) is 0 Å². The number of anilines is 1. The molecule has 0 radical (unpaired) electrons. The minimum atomic E-state index is 0.716. The summed E-state index contributed by atoms with van der Waals surface area (Å²) in [5.74, 6) is 0. The molecule has 0 saturated carbocycles. The Bertz CT molecular complexity index is 565. The van der Waals surface area contributed by atoms with Crippen molar-refractivity contribution >= 4 is 16.6 Å². The second kappa shape index (κ2) is 4.85. The number of hydrogen-bond donors (Lipinski definition) is 1. The molecule has 0 bridgehead atoms. The number of aryl methyl sites for hydroxylation is 1. The number of fused-ring (bicyclic) bond motifs is 1.